The molecule has 0 spiro atoms. The SMILES string of the molecule is Cc1c(C#N)c2ccccc2n1CC(=O)NCCC1CN(C)CCO1. The van der Waals surface area contributed by atoms with Crippen LogP contribution in [0.2, 0.25) is 0 Å². The summed E-state index contributed by atoms with van der Waals surface area (Å²) in [5.74, 6) is -0.0440. The van der Waals surface area contributed by atoms with E-state index in [1.165, 1.54) is 0 Å². The molecule has 1 atom stereocenters. The summed E-state index contributed by atoms with van der Waals surface area (Å²) >= 11 is 0. The number of morpholine rings is 1. The molecule has 25 heavy (non-hydrogen) atoms. The number of fused-ring (bicyclic) bond motifs is 1. The average molecular weight is 340 g/mol. The standard InChI is InChI=1S/C19H24N4O2/c1-14-17(11-20)16-5-3-4-6-18(16)23(14)13-19(24)21-8-7-15-12-22(2)9-10-25-15/h3-6,15H,7-10,12-13H2,1-2H3,(H,21,24). The molecule has 1 aliphatic heterocycles. The van der Waals surface area contributed by atoms with Crippen molar-refractivity contribution < 1.29 is 9.53 Å². The topological polar surface area (TPSA) is 70.3 Å². The van der Waals surface area contributed by atoms with E-state index in [0.29, 0.717) is 12.1 Å². The number of nitrogens with one attached hydrogen (secondary N) is 1. The van der Waals surface area contributed by atoms with Gasteiger partial charge in [-0.25, -0.2) is 0 Å². The van der Waals surface area contributed by atoms with Crippen molar-refractivity contribution in [2.75, 3.05) is 33.3 Å². The Morgan fingerprint density at radius 3 is 3.00 bits per heavy atom. The normalized spacial score (nSPS) is 18.2. The molecule has 132 valence electrons. The summed E-state index contributed by atoms with van der Waals surface area (Å²) in [4.78, 5) is 14.6. The molecule has 0 aliphatic carbocycles. The summed E-state index contributed by atoms with van der Waals surface area (Å²) in [7, 11) is 2.08. The van der Waals surface area contributed by atoms with E-state index in [0.717, 1.165) is 42.7 Å². The number of nitrogens with zero attached hydrogens (tertiary/aromatic N) is 3. The molecule has 1 amide bonds. The molecule has 1 aromatic heterocycles. The number of carbonyl (C=O) groups excluding carboxylic acids is 1. The predicted molar refractivity (Wildman–Crippen MR) is 96.3 cm³/mol. The van der Waals surface area contributed by atoms with Crippen LogP contribution in [0.15, 0.2) is 24.3 Å². The van der Waals surface area contributed by atoms with Crippen LogP contribution in [0, 0.1) is 18.3 Å². The Labute approximate surface area is 148 Å². The molecule has 1 fully saturated rings. The van der Waals surface area contributed by atoms with Gasteiger partial charge in [0.15, 0.2) is 0 Å². The Morgan fingerprint density at radius 1 is 1.44 bits per heavy atom. The molecule has 1 aromatic carbocycles. The molecule has 0 radical (unpaired) electrons. The van der Waals surface area contributed by atoms with Crippen LogP contribution in [-0.4, -0.2) is 54.8 Å². The highest BCUT2D eigenvalue weighted by atomic mass is 16.5. The van der Waals surface area contributed by atoms with Crippen LogP contribution in [0.1, 0.15) is 17.7 Å². The van der Waals surface area contributed by atoms with Gasteiger partial charge in [-0.05, 0) is 26.5 Å². The Hall–Kier alpha value is -2.36. The second kappa shape index (κ2) is 7.68. The molecule has 2 heterocycles. The number of likely N-dealkylation sites (N-methyl/N-ethyl adjacent to an activating group) is 1. The second-order valence-electron chi connectivity index (χ2n) is 6.57. The third-order valence-corrected chi connectivity index (χ3v) is 4.77. The predicted octanol–water partition coefficient (Wildman–Crippen LogP) is 1.66. The number of ether oxygens (including phenoxy) is 1. The lowest BCUT2D eigenvalue weighted by Crippen LogP contribution is -2.41. The smallest absolute Gasteiger partial charge is 0.239 e. The van der Waals surface area contributed by atoms with Crippen LogP contribution in [0.25, 0.3) is 10.9 Å². The first-order valence-corrected chi connectivity index (χ1v) is 8.65. The van der Waals surface area contributed by atoms with Crippen LogP contribution < -0.4 is 5.32 Å². The zero-order valence-electron chi connectivity index (χ0n) is 14.8. The van der Waals surface area contributed by atoms with E-state index in [1.54, 1.807) is 0 Å². The Balaban J connectivity index is 1.61. The van der Waals surface area contributed by atoms with Gasteiger partial charge in [-0.15, -0.1) is 0 Å². The Morgan fingerprint density at radius 2 is 2.24 bits per heavy atom. The molecule has 1 unspecified atom stereocenters. The minimum absolute atomic E-state index is 0.0440. The van der Waals surface area contributed by atoms with Crippen molar-refractivity contribution in [2.24, 2.45) is 0 Å². The van der Waals surface area contributed by atoms with Gasteiger partial charge in [0.05, 0.1) is 23.8 Å². The number of benzene rings is 1. The molecule has 2 aromatic rings. The molecule has 3 rings (SSSR count). The fourth-order valence-electron chi connectivity index (χ4n) is 3.39. The van der Waals surface area contributed by atoms with Crippen LogP contribution in [0.3, 0.4) is 0 Å². The van der Waals surface area contributed by atoms with Crippen molar-refractivity contribution in [3.63, 3.8) is 0 Å². The maximum absolute atomic E-state index is 12.3. The molecule has 1 N–H and O–H groups in total. The summed E-state index contributed by atoms with van der Waals surface area (Å²) in [5.41, 5.74) is 2.39. The largest absolute Gasteiger partial charge is 0.375 e. The van der Waals surface area contributed by atoms with Crippen LogP contribution in [-0.2, 0) is 16.1 Å². The van der Waals surface area contributed by atoms with Gasteiger partial charge >= 0.3 is 0 Å². The van der Waals surface area contributed by atoms with Crippen molar-refractivity contribution >= 4 is 16.8 Å². The van der Waals surface area contributed by atoms with Gasteiger partial charge in [0.2, 0.25) is 5.91 Å². The quantitative estimate of drug-likeness (QED) is 0.899. The highest BCUT2D eigenvalue weighted by Gasteiger charge is 2.18. The van der Waals surface area contributed by atoms with E-state index >= 15 is 0 Å². The summed E-state index contributed by atoms with van der Waals surface area (Å²) in [6.07, 6.45) is 0.990. The molecule has 1 saturated heterocycles. The minimum Gasteiger partial charge on any atom is -0.375 e. The van der Waals surface area contributed by atoms with Gasteiger partial charge in [0.1, 0.15) is 12.6 Å². The summed E-state index contributed by atoms with van der Waals surface area (Å²) < 4.78 is 7.62. The second-order valence-corrected chi connectivity index (χ2v) is 6.57. The Kier molecular flexibility index (Phi) is 5.37. The van der Waals surface area contributed by atoms with Gasteiger partial charge in [-0.2, -0.15) is 5.26 Å². The zero-order chi connectivity index (χ0) is 17.8. The molecule has 0 bridgehead atoms. The van der Waals surface area contributed by atoms with Crippen molar-refractivity contribution in [3.8, 4) is 6.07 Å². The number of nitriles is 1. The summed E-state index contributed by atoms with van der Waals surface area (Å²) in [6, 6.07) is 9.95. The molecular formula is C19H24N4O2. The van der Waals surface area contributed by atoms with Gasteiger partial charge in [0.25, 0.3) is 0 Å². The first-order valence-electron chi connectivity index (χ1n) is 8.65. The third-order valence-electron chi connectivity index (χ3n) is 4.77. The molecule has 0 saturated carbocycles. The first kappa shape index (κ1) is 17.5. The molecule has 6 heteroatoms. The van der Waals surface area contributed by atoms with Gasteiger partial charge in [-0.3, -0.25) is 4.79 Å². The number of amides is 1. The van der Waals surface area contributed by atoms with E-state index in [-0.39, 0.29) is 18.6 Å². The maximum Gasteiger partial charge on any atom is 0.239 e. The van der Waals surface area contributed by atoms with Gasteiger partial charge in [-0.1, -0.05) is 18.2 Å². The zero-order valence-corrected chi connectivity index (χ0v) is 14.8. The van der Waals surface area contributed by atoms with E-state index in [4.69, 9.17) is 4.74 Å². The molecule has 1 aliphatic rings. The van der Waals surface area contributed by atoms with Crippen molar-refractivity contribution in [1.82, 2.24) is 14.8 Å². The van der Waals surface area contributed by atoms with Gasteiger partial charge < -0.3 is 19.5 Å². The van der Waals surface area contributed by atoms with E-state index in [1.807, 2.05) is 35.8 Å². The average Bonchev–Trinajstić information content (AvgIpc) is 2.86. The number of aromatic nitrogens is 1. The molecule has 6 nitrogen and oxygen atoms in total. The number of hydrogen-bond acceptors (Lipinski definition) is 4. The fraction of sp³-hybridized carbons (Fsp3) is 0.474. The van der Waals surface area contributed by atoms with E-state index < -0.39 is 0 Å². The number of rotatable bonds is 5. The lowest BCUT2D eigenvalue weighted by Gasteiger charge is -2.30. The highest BCUT2D eigenvalue weighted by molar-refractivity contribution is 5.89. The van der Waals surface area contributed by atoms with E-state index in [2.05, 4.69) is 23.3 Å². The monoisotopic (exact) mass is 340 g/mol. The fourth-order valence-corrected chi connectivity index (χ4v) is 3.39. The summed E-state index contributed by atoms with van der Waals surface area (Å²) in [6.45, 7) is 5.32. The highest BCUT2D eigenvalue weighted by Crippen LogP contribution is 2.24. The third kappa shape index (κ3) is 3.84. The van der Waals surface area contributed by atoms with Crippen molar-refractivity contribution in [1.29, 1.82) is 5.26 Å². The number of hydrogen-bond donors (Lipinski definition) is 1. The first-order chi connectivity index (χ1) is 12.1. The van der Waals surface area contributed by atoms with Crippen LogP contribution >= 0.6 is 0 Å². The van der Waals surface area contributed by atoms with E-state index in [9.17, 15) is 10.1 Å². The van der Waals surface area contributed by atoms with Crippen molar-refractivity contribution in [2.45, 2.75) is 26.0 Å². The lowest BCUT2D eigenvalue weighted by atomic mass is 10.1. The minimum atomic E-state index is -0.0440. The van der Waals surface area contributed by atoms with Crippen LogP contribution in [0.4, 0.5) is 0 Å². The molecular weight excluding hydrogens is 316 g/mol. The number of para-hydroxylation sites is 1. The summed E-state index contributed by atoms with van der Waals surface area (Å²) in [5, 5.41) is 13.3. The number of carbonyl (C=O) groups is 1. The maximum atomic E-state index is 12.3. The lowest BCUT2D eigenvalue weighted by molar-refractivity contribution is -0.121. The van der Waals surface area contributed by atoms with Gasteiger partial charge in [0, 0.05) is 30.7 Å². The van der Waals surface area contributed by atoms with Crippen molar-refractivity contribution in [3.05, 3.63) is 35.5 Å². The van der Waals surface area contributed by atoms with Crippen LogP contribution in [0.5, 0.6) is 0 Å². The Bertz CT molecular complexity index is 806.